The van der Waals surface area contributed by atoms with Gasteiger partial charge in [-0.1, -0.05) is 29.6 Å². The Hall–Kier alpha value is -1.03. The molecule has 1 aliphatic heterocycles. The van der Waals surface area contributed by atoms with E-state index in [4.69, 9.17) is 23.2 Å². The Morgan fingerprint density at radius 1 is 1.00 bits per heavy atom. The van der Waals surface area contributed by atoms with E-state index in [-0.39, 0.29) is 5.56 Å². The number of hydrogen-bond donors (Lipinski definition) is 0. The van der Waals surface area contributed by atoms with E-state index >= 15 is 0 Å². The van der Waals surface area contributed by atoms with Crippen molar-refractivity contribution in [3.63, 3.8) is 0 Å². The maximum Gasteiger partial charge on any atom is 0.252 e. The fraction of sp³-hybridized carbons (Fsp3) is 0.438. The predicted octanol–water partition coefficient (Wildman–Crippen LogP) is 3.79. The minimum absolute atomic E-state index is 0.0632. The molecule has 0 spiro atoms. The summed E-state index contributed by atoms with van der Waals surface area (Å²) in [4.78, 5) is 14.7. The van der Waals surface area contributed by atoms with Crippen molar-refractivity contribution in [3.05, 3.63) is 44.7 Å². The van der Waals surface area contributed by atoms with Gasteiger partial charge in [0, 0.05) is 29.6 Å². The Kier molecular flexibility index (Phi) is 4.53. The molecule has 3 nitrogen and oxygen atoms in total. The van der Waals surface area contributed by atoms with E-state index in [1.807, 2.05) is 12.1 Å². The average molecular weight is 325 g/mol. The molecule has 0 atom stereocenters. The van der Waals surface area contributed by atoms with E-state index in [0.29, 0.717) is 16.6 Å². The Bertz CT molecular complexity index is 705. The summed E-state index contributed by atoms with van der Waals surface area (Å²) in [7, 11) is 0. The molecule has 0 amide bonds. The second-order valence-electron chi connectivity index (χ2n) is 5.55. The summed E-state index contributed by atoms with van der Waals surface area (Å²) in [5.74, 6) is 0. The Morgan fingerprint density at radius 2 is 1.76 bits per heavy atom. The molecule has 21 heavy (non-hydrogen) atoms. The van der Waals surface area contributed by atoms with Crippen LogP contribution in [-0.4, -0.2) is 29.1 Å². The van der Waals surface area contributed by atoms with Crippen molar-refractivity contribution in [2.24, 2.45) is 0 Å². The van der Waals surface area contributed by atoms with Gasteiger partial charge >= 0.3 is 0 Å². The average Bonchev–Trinajstić information content (AvgIpc) is 2.47. The highest BCUT2D eigenvalue weighted by atomic mass is 35.5. The summed E-state index contributed by atoms with van der Waals surface area (Å²) in [6.07, 6.45) is 3.82. The van der Waals surface area contributed by atoms with Crippen LogP contribution in [0.25, 0.3) is 10.9 Å². The molecule has 3 rings (SSSR count). The van der Waals surface area contributed by atoms with Gasteiger partial charge in [-0.2, -0.15) is 0 Å². The molecule has 0 saturated carbocycles. The van der Waals surface area contributed by atoms with Gasteiger partial charge in [0.1, 0.15) is 0 Å². The van der Waals surface area contributed by atoms with Gasteiger partial charge < -0.3 is 9.47 Å². The Morgan fingerprint density at radius 3 is 2.52 bits per heavy atom. The van der Waals surface area contributed by atoms with E-state index in [9.17, 15) is 4.79 Å². The highest BCUT2D eigenvalue weighted by molar-refractivity contribution is 6.36. The first-order chi connectivity index (χ1) is 10.1. The number of aromatic nitrogens is 1. The largest absolute Gasteiger partial charge is 0.307 e. The zero-order valence-corrected chi connectivity index (χ0v) is 13.3. The molecule has 0 radical (unpaired) electrons. The maximum absolute atomic E-state index is 12.3. The summed E-state index contributed by atoms with van der Waals surface area (Å²) >= 11 is 12.2. The topological polar surface area (TPSA) is 25.2 Å². The third kappa shape index (κ3) is 3.25. The fourth-order valence-corrected chi connectivity index (χ4v) is 3.39. The number of hydrogen-bond acceptors (Lipinski definition) is 2. The molecule has 0 aliphatic carbocycles. The molecule has 1 saturated heterocycles. The van der Waals surface area contributed by atoms with Crippen LogP contribution < -0.4 is 5.56 Å². The van der Waals surface area contributed by atoms with Gasteiger partial charge in [0.15, 0.2) is 0 Å². The number of pyridine rings is 1. The highest BCUT2D eigenvalue weighted by Gasteiger charge is 2.12. The van der Waals surface area contributed by atoms with E-state index in [0.717, 1.165) is 30.5 Å². The molecule has 2 aromatic rings. The monoisotopic (exact) mass is 324 g/mol. The van der Waals surface area contributed by atoms with Crippen molar-refractivity contribution >= 4 is 34.1 Å². The number of nitrogens with zero attached hydrogens (tertiary/aromatic N) is 2. The molecule has 5 heteroatoms. The van der Waals surface area contributed by atoms with Gasteiger partial charge in [0.05, 0.1) is 10.5 Å². The number of benzene rings is 1. The molecule has 1 aliphatic rings. The lowest BCUT2D eigenvalue weighted by molar-refractivity contribution is 0.221. The number of fused-ring (bicyclic) bond motifs is 1. The molecule has 1 aromatic heterocycles. The van der Waals surface area contributed by atoms with E-state index in [2.05, 4.69) is 4.90 Å². The molecular formula is C16H18Cl2N2O. The van der Waals surface area contributed by atoms with E-state index in [1.165, 1.54) is 25.3 Å². The molecule has 2 heterocycles. The number of halogens is 2. The van der Waals surface area contributed by atoms with Crippen molar-refractivity contribution in [2.75, 3.05) is 19.6 Å². The summed E-state index contributed by atoms with van der Waals surface area (Å²) in [5, 5.41) is 1.98. The van der Waals surface area contributed by atoms with Crippen LogP contribution in [0.15, 0.2) is 29.1 Å². The first-order valence-electron chi connectivity index (χ1n) is 7.36. The minimum atomic E-state index is -0.0632. The first-order valence-corrected chi connectivity index (χ1v) is 8.12. The summed E-state index contributed by atoms with van der Waals surface area (Å²) < 4.78 is 1.78. The second-order valence-corrected chi connectivity index (χ2v) is 6.39. The SMILES string of the molecule is O=c1cc(Cl)c2ccc(Cl)cc2n1CCN1CCCCC1. The molecule has 0 unspecified atom stereocenters. The predicted molar refractivity (Wildman–Crippen MR) is 88.5 cm³/mol. The third-order valence-corrected chi connectivity index (χ3v) is 4.66. The van der Waals surface area contributed by atoms with Crippen LogP contribution in [0, 0.1) is 0 Å². The van der Waals surface area contributed by atoms with Crippen LogP contribution >= 0.6 is 23.2 Å². The molecule has 0 N–H and O–H groups in total. The van der Waals surface area contributed by atoms with Gasteiger partial charge in [-0.05, 0) is 44.1 Å². The zero-order valence-electron chi connectivity index (χ0n) is 11.8. The summed E-state index contributed by atoms with van der Waals surface area (Å²) in [6, 6.07) is 6.99. The van der Waals surface area contributed by atoms with Crippen molar-refractivity contribution in [2.45, 2.75) is 25.8 Å². The fourth-order valence-electron chi connectivity index (χ4n) is 2.97. The van der Waals surface area contributed by atoms with Crippen LogP contribution in [0.1, 0.15) is 19.3 Å². The van der Waals surface area contributed by atoms with Crippen molar-refractivity contribution in [1.82, 2.24) is 9.47 Å². The van der Waals surface area contributed by atoms with Gasteiger partial charge in [0.25, 0.3) is 5.56 Å². The van der Waals surface area contributed by atoms with Gasteiger partial charge in [-0.15, -0.1) is 0 Å². The Labute approximate surface area is 134 Å². The lowest BCUT2D eigenvalue weighted by Gasteiger charge is -2.26. The normalized spacial score (nSPS) is 16.5. The van der Waals surface area contributed by atoms with Crippen molar-refractivity contribution in [1.29, 1.82) is 0 Å². The number of piperidine rings is 1. The number of rotatable bonds is 3. The van der Waals surface area contributed by atoms with E-state index < -0.39 is 0 Å². The molecule has 112 valence electrons. The summed E-state index contributed by atoms with van der Waals surface area (Å²) in [5.41, 5.74) is 0.754. The first kappa shape index (κ1) is 14.9. The standard InChI is InChI=1S/C16H18Cl2N2O/c17-12-4-5-13-14(18)11-16(21)20(15(13)10-12)9-8-19-6-2-1-3-7-19/h4-5,10-11H,1-3,6-9H2. The van der Waals surface area contributed by atoms with Crippen molar-refractivity contribution in [3.8, 4) is 0 Å². The molecular weight excluding hydrogens is 307 g/mol. The van der Waals surface area contributed by atoms with Gasteiger partial charge in [0.2, 0.25) is 0 Å². The van der Waals surface area contributed by atoms with Gasteiger partial charge in [-0.3, -0.25) is 4.79 Å². The quantitative estimate of drug-likeness (QED) is 0.858. The van der Waals surface area contributed by atoms with Gasteiger partial charge in [-0.25, -0.2) is 0 Å². The molecule has 0 bridgehead atoms. The smallest absolute Gasteiger partial charge is 0.252 e. The lowest BCUT2D eigenvalue weighted by atomic mass is 10.1. The number of likely N-dealkylation sites (tertiary alicyclic amines) is 1. The lowest BCUT2D eigenvalue weighted by Crippen LogP contribution is -2.34. The van der Waals surface area contributed by atoms with Crippen LogP contribution in [0.4, 0.5) is 0 Å². The molecule has 1 aromatic carbocycles. The van der Waals surface area contributed by atoms with Crippen LogP contribution in [0.5, 0.6) is 0 Å². The third-order valence-electron chi connectivity index (χ3n) is 4.11. The highest BCUT2D eigenvalue weighted by Crippen LogP contribution is 2.24. The second kappa shape index (κ2) is 6.39. The van der Waals surface area contributed by atoms with E-state index in [1.54, 1.807) is 10.6 Å². The minimum Gasteiger partial charge on any atom is -0.307 e. The molecule has 1 fully saturated rings. The van der Waals surface area contributed by atoms with Crippen molar-refractivity contribution < 1.29 is 0 Å². The summed E-state index contributed by atoms with van der Waals surface area (Å²) in [6.45, 7) is 3.82. The van der Waals surface area contributed by atoms with Crippen LogP contribution in [0.3, 0.4) is 0 Å². The maximum atomic E-state index is 12.3. The van der Waals surface area contributed by atoms with Crippen LogP contribution in [-0.2, 0) is 6.54 Å². The van der Waals surface area contributed by atoms with Crippen LogP contribution in [0.2, 0.25) is 10.0 Å². The Balaban J connectivity index is 1.93. The zero-order chi connectivity index (χ0) is 14.8.